The summed E-state index contributed by atoms with van der Waals surface area (Å²) < 4.78 is 64.5. The van der Waals surface area contributed by atoms with E-state index in [1.54, 1.807) is 0 Å². The molecule has 3 rings (SSSR count). The molecule has 0 radical (unpaired) electrons. The van der Waals surface area contributed by atoms with Crippen molar-refractivity contribution >= 4 is 19.7 Å². The van der Waals surface area contributed by atoms with Gasteiger partial charge in [0, 0.05) is 19.1 Å². The zero-order valence-corrected chi connectivity index (χ0v) is 17.0. The number of hydrogen-bond donors (Lipinski definition) is 0. The van der Waals surface area contributed by atoms with Gasteiger partial charge < -0.3 is 0 Å². The van der Waals surface area contributed by atoms with E-state index in [0.717, 1.165) is 12.5 Å². The minimum absolute atomic E-state index is 0.00149. The van der Waals surface area contributed by atoms with Crippen LogP contribution < -0.4 is 0 Å². The summed E-state index contributed by atoms with van der Waals surface area (Å²) in [5.74, 6) is -0.165. The molecule has 0 aromatic heterocycles. The summed E-state index contributed by atoms with van der Waals surface area (Å²) in [4.78, 5) is 2.05. The van der Waals surface area contributed by atoms with Crippen LogP contribution in [-0.2, 0) is 19.7 Å². The van der Waals surface area contributed by atoms with Gasteiger partial charge in [0.25, 0.3) is 0 Å². The molecule has 0 saturated carbocycles. The SMILES string of the molecule is Cc1cc(S(=O)(=O)[C@@H]2CS(=O)(=O)C[C@H]2N2C[C@H](C)C[C@H](C)C2)ccc1F. The number of aryl methyl sites for hydroxylation is 1. The average molecular weight is 404 g/mol. The standard InChI is InChI=1S/C18H26FNO4S2/c1-12-6-13(2)9-20(8-12)17-10-25(21,22)11-18(17)26(23,24)15-4-5-16(19)14(3)7-15/h4-5,7,12-13,17-18H,6,8-11H2,1-3H3/t12-,13+,17-,18-/m1/s1. The normalized spacial score (nSPS) is 32.6. The summed E-state index contributed by atoms with van der Waals surface area (Å²) in [6.45, 7) is 7.14. The van der Waals surface area contributed by atoms with Crippen LogP contribution in [0.25, 0.3) is 0 Å². The highest BCUT2D eigenvalue weighted by molar-refractivity contribution is 7.96. The van der Waals surface area contributed by atoms with Gasteiger partial charge >= 0.3 is 0 Å². The molecule has 2 heterocycles. The Labute approximate surface area is 155 Å². The fraction of sp³-hybridized carbons (Fsp3) is 0.667. The second kappa shape index (κ2) is 6.87. The maximum Gasteiger partial charge on any atom is 0.183 e. The summed E-state index contributed by atoms with van der Waals surface area (Å²) in [7, 11) is -7.30. The Balaban J connectivity index is 1.98. The Bertz CT molecular complexity index is 888. The number of likely N-dealkylation sites (tertiary alicyclic amines) is 1. The lowest BCUT2D eigenvalue weighted by molar-refractivity contribution is 0.107. The van der Waals surface area contributed by atoms with Crippen LogP contribution in [-0.4, -0.2) is 57.6 Å². The summed E-state index contributed by atoms with van der Waals surface area (Å²) in [6, 6.07) is 3.13. The highest BCUT2D eigenvalue weighted by atomic mass is 32.2. The molecule has 0 N–H and O–H groups in total. The second-order valence-corrected chi connectivity index (χ2v) is 12.4. The van der Waals surface area contributed by atoms with Crippen molar-refractivity contribution in [3.05, 3.63) is 29.6 Å². The van der Waals surface area contributed by atoms with Crippen LogP contribution in [0.2, 0.25) is 0 Å². The number of sulfone groups is 2. The molecule has 5 nitrogen and oxygen atoms in total. The van der Waals surface area contributed by atoms with Gasteiger partial charge in [-0.1, -0.05) is 13.8 Å². The molecule has 0 amide bonds. The molecule has 2 aliphatic heterocycles. The Morgan fingerprint density at radius 3 is 2.31 bits per heavy atom. The van der Waals surface area contributed by atoms with Crippen molar-refractivity contribution in [2.75, 3.05) is 24.6 Å². The van der Waals surface area contributed by atoms with Gasteiger partial charge in [-0.3, -0.25) is 4.90 Å². The summed E-state index contributed by atoms with van der Waals surface area (Å²) >= 11 is 0. The lowest BCUT2D eigenvalue weighted by atomic mass is 9.91. The van der Waals surface area contributed by atoms with E-state index in [1.807, 2.05) is 4.90 Å². The van der Waals surface area contributed by atoms with Gasteiger partial charge in [0.2, 0.25) is 0 Å². The topological polar surface area (TPSA) is 71.5 Å². The van der Waals surface area contributed by atoms with Crippen molar-refractivity contribution in [2.24, 2.45) is 11.8 Å². The Morgan fingerprint density at radius 2 is 1.73 bits per heavy atom. The second-order valence-electron chi connectivity index (χ2n) is 8.04. The molecular formula is C18H26FNO4S2. The number of hydrogen-bond acceptors (Lipinski definition) is 5. The van der Waals surface area contributed by atoms with Crippen LogP contribution >= 0.6 is 0 Å². The maximum absolute atomic E-state index is 13.5. The van der Waals surface area contributed by atoms with Crippen LogP contribution in [0.4, 0.5) is 4.39 Å². The molecule has 1 aromatic carbocycles. The van der Waals surface area contributed by atoms with Crippen molar-refractivity contribution in [3.8, 4) is 0 Å². The first-order valence-electron chi connectivity index (χ1n) is 8.94. The molecule has 8 heteroatoms. The number of benzene rings is 1. The van der Waals surface area contributed by atoms with E-state index in [-0.39, 0.29) is 22.0 Å². The molecule has 26 heavy (non-hydrogen) atoms. The highest BCUT2D eigenvalue weighted by Gasteiger charge is 2.49. The third-order valence-electron chi connectivity index (χ3n) is 5.49. The Hall–Kier alpha value is -0.990. The smallest absolute Gasteiger partial charge is 0.183 e. The zero-order valence-electron chi connectivity index (χ0n) is 15.4. The Kier molecular flexibility index (Phi) is 5.22. The van der Waals surface area contributed by atoms with Gasteiger partial charge in [-0.15, -0.1) is 0 Å². The van der Waals surface area contributed by atoms with Crippen LogP contribution in [0, 0.1) is 24.6 Å². The quantitative estimate of drug-likeness (QED) is 0.723. The van der Waals surface area contributed by atoms with Gasteiger partial charge in [-0.05, 0) is 48.9 Å². The first kappa shape index (κ1) is 19.8. The van der Waals surface area contributed by atoms with Crippen molar-refractivity contribution in [3.63, 3.8) is 0 Å². The Morgan fingerprint density at radius 1 is 1.12 bits per heavy atom. The predicted molar refractivity (Wildman–Crippen MR) is 99.1 cm³/mol. The van der Waals surface area contributed by atoms with Crippen molar-refractivity contribution in [2.45, 2.75) is 43.4 Å². The first-order chi connectivity index (χ1) is 12.0. The van der Waals surface area contributed by atoms with Crippen molar-refractivity contribution in [1.29, 1.82) is 0 Å². The van der Waals surface area contributed by atoms with Crippen LogP contribution in [0.15, 0.2) is 23.1 Å². The molecule has 0 unspecified atom stereocenters. The molecule has 1 aromatic rings. The van der Waals surface area contributed by atoms with Gasteiger partial charge in [0.15, 0.2) is 19.7 Å². The molecule has 4 atom stereocenters. The fourth-order valence-electron chi connectivity index (χ4n) is 4.38. The average Bonchev–Trinajstić information content (AvgIpc) is 2.85. The molecular weight excluding hydrogens is 377 g/mol. The number of rotatable bonds is 3. The molecule has 2 aliphatic rings. The third-order valence-corrected chi connectivity index (χ3v) is 9.61. The number of nitrogens with zero attached hydrogens (tertiary/aromatic N) is 1. The first-order valence-corrected chi connectivity index (χ1v) is 12.3. The van der Waals surface area contributed by atoms with E-state index in [2.05, 4.69) is 13.8 Å². The summed E-state index contributed by atoms with van der Waals surface area (Å²) in [5.41, 5.74) is 0.240. The van der Waals surface area contributed by atoms with E-state index in [1.165, 1.54) is 19.1 Å². The van der Waals surface area contributed by atoms with E-state index in [0.29, 0.717) is 24.9 Å². The summed E-state index contributed by atoms with van der Waals surface area (Å²) in [6.07, 6.45) is 1.06. The number of halogens is 1. The molecule has 2 saturated heterocycles. The molecule has 146 valence electrons. The predicted octanol–water partition coefficient (Wildman–Crippen LogP) is 2.05. The van der Waals surface area contributed by atoms with E-state index < -0.39 is 36.8 Å². The number of piperidine rings is 1. The van der Waals surface area contributed by atoms with Crippen LogP contribution in [0.3, 0.4) is 0 Å². The van der Waals surface area contributed by atoms with Gasteiger partial charge in [-0.2, -0.15) is 0 Å². The zero-order chi connectivity index (χ0) is 19.3. The largest absolute Gasteiger partial charge is 0.297 e. The van der Waals surface area contributed by atoms with Gasteiger partial charge in [0.1, 0.15) is 5.82 Å². The van der Waals surface area contributed by atoms with Gasteiger partial charge in [0.05, 0.1) is 21.7 Å². The third kappa shape index (κ3) is 3.82. The van der Waals surface area contributed by atoms with E-state index in [9.17, 15) is 21.2 Å². The van der Waals surface area contributed by atoms with Crippen LogP contribution in [0.1, 0.15) is 25.8 Å². The maximum atomic E-state index is 13.5. The van der Waals surface area contributed by atoms with Crippen molar-refractivity contribution in [1.82, 2.24) is 4.90 Å². The monoisotopic (exact) mass is 403 g/mol. The summed E-state index contributed by atoms with van der Waals surface area (Å²) in [5, 5.41) is -1.00. The molecule has 2 fully saturated rings. The minimum Gasteiger partial charge on any atom is -0.297 e. The van der Waals surface area contributed by atoms with E-state index in [4.69, 9.17) is 0 Å². The lowest BCUT2D eigenvalue weighted by Gasteiger charge is -2.40. The molecule has 0 aliphatic carbocycles. The minimum atomic E-state index is -3.87. The van der Waals surface area contributed by atoms with E-state index >= 15 is 0 Å². The lowest BCUT2D eigenvalue weighted by Crippen LogP contribution is -2.51. The van der Waals surface area contributed by atoms with Gasteiger partial charge in [-0.25, -0.2) is 21.2 Å². The highest BCUT2D eigenvalue weighted by Crippen LogP contribution is 2.33. The molecule has 0 bridgehead atoms. The fourth-order valence-corrected chi connectivity index (χ4v) is 9.30. The molecule has 0 spiro atoms. The van der Waals surface area contributed by atoms with Crippen molar-refractivity contribution < 1.29 is 21.2 Å². The van der Waals surface area contributed by atoms with Crippen LogP contribution in [0.5, 0.6) is 0 Å².